The summed E-state index contributed by atoms with van der Waals surface area (Å²) in [5.41, 5.74) is 5.38. The molecule has 1 N–H and O–H groups in total. The minimum absolute atomic E-state index is 0.741. The van der Waals surface area contributed by atoms with Crippen LogP contribution in [-0.2, 0) is 17.6 Å². The molecule has 1 aliphatic carbocycles. The summed E-state index contributed by atoms with van der Waals surface area (Å²) in [5.74, 6) is 0.741. The van der Waals surface area contributed by atoms with Gasteiger partial charge in [0.25, 0.3) is 0 Å². The number of hydrogen-bond donors (Lipinski definition) is 1. The number of aromatic nitrogens is 1. The molecule has 0 unspecified atom stereocenters. The summed E-state index contributed by atoms with van der Waals surface area (Å²) < 4.78 is 5.41. The van der Waals surface area contributed by atoms with Crippen LogP contribution in [0, 0.1) is 11.3 Å². The van der Waals surface area contributed by atoms with E-state index in [1.165, 1.54) is 17.5 Å². The van der Waals surface area contributed by atoms with E-state index in [0.717, 1.165) is 81.3 Å². The van der Waals surface area contributed by atoms with Crippen molar-refractivity contribution in [2.24, 2.45) is 0 Å². The second-order valence-corrected chi connectivity index (χ2v) is 7.21. The van der Waals surface area contributed by atoms with Crippen LogP contribution < -0.4 is 5.32 Å². The van der Waals surface area contributed by atoms with Gasteiger partial charge in [0, 0.05) is 31.7 Å². The minimum atomic E-state index is 0.741. The van der Waals surface area contributed by atoms with E-state index >= 15 is 0 Å². The highest BCUT2D eigenvalue weighted by Crippen LogP contribution is 2.35. The molecule has 0 bridgehead atoms. The third-order valence-electron chi connectivity index (χ3n) is 5.50. The van der Waals surface area contributed by atoms with E-state index in [-0.39, 0.29) is 0 Å². The molecule has 1 saturated heterocycles. The molecule has 2 aromatic rings. The molecule has 0 radical (unpaired) electrons. The SMILES string of the molecule is N#Cc1c(NCCN2CCOCC2)nc(-c2ccccc2)c2c1CCCC2. The second kappa shape index (κ2) is 8.51. The number of nitrogens with one attached hydrogen (secondary N) is 1. The van der Waals surface area contributed by atoms with Crippen molar-refractivity contribution < 1.29 is 4.74 Å². The third kappa shape index (κ3) is 3.97. The standard InChI is InChI=1S/C22H26N4O/c23-16-20-18-8-4-5-9-19(18)21(17-6-2-1-3-7-17)25-22(20)24-10-11-26-12-14-27-15-13-26/h1-3,6-7H,4-5,8-15H2,(H,24,25). The summed E-state index contributed by atoms with van der Waals surface area (Å²) in [4.78, 5) is 7.32. The van der Waals surface area contributed by atoms with Gasteiger partial charge in [-0.1, -0.05) is 30.3 Å². The van der Waals surface area contributed by atoms with Crippen LogP contribution in [0.15, 0.2) is 30.3 Å². The van der Waals surface area contributed by atoms with Gasteiger partial charge < -0.3 is 10.1 Å². The average molecular weight is 362 g/mol. The van der Waals surface area contributed by atoms with E-state index in [2.05, 4.69) is 40.6 Å². The predicted octanol–water partition coefficient (Wildman–Crippen LogP) is 3.24. The van der Waals surface area contributed by atoms with E-state index in [9.17, 15) is 5.26 Å². The minimum Gasteiger partial charge on any atom is -0.379 e. The van der Waals surface area contributed by atoms with E-state index in [1.54, 1.807) is 0 Å². The van der Waals surface area contributed by atoms with Crippen molar-refractivity contribution in [3.63, 3.8) is 0 Å². The Bertz CT molecular complexity index is 822. The van der Waals surface area contributed by atoms with Crippen molar-refractivity contribution in [3.05, 3.63) is 47.0 Å². The Morgan fingerprint density at radius 2 is 1.81 bits per heavy atom. The Morgan fingerprint density at radius 3 is 2.56 bits per heavy atom. The highest BCUT2D eigenvalue weighted by atomic mass is 16.5. The van der Waals surface area contributed by atoms with Gasteiger partial charge in [-0.15, -0.1) is 0 Å². The first-order valence-corrected chi connectivity index (χ1v) is 9.92. The zero-order valence-corrected chi connectivity index (χ0v) is 15.7. The van der Waals surface area contributed by atoms with E-state index < -0.39 is 0 Å². The van der Waals surface area contributed by atoms with Crippen molar-refractivity contribution in [2.45, 2.75) is 25.7 Å². The molecule has 0 atom stereocenters. The smallest absolute Gasteiger partial charge is 0.145 e. The number of ether oxygens (including phenoxy) is 1. The van der Waals surface area contributed by atoms with Gasteiger partial charge in [-0.2, -0.15) is 5.26 Å². The van der Waals surface area contributed by atoms with Gasteiger partial charge >= 0.3 is 0 Å². The van der Waals surface area contributed by atoms with Gasteiger partial charge in [-0.3, -0.25) is 4.90 Å². The highest BCUT2D eigenvalue weighted by molar-refractivity contribution is 5.72. The van der Waals surface area contributed by atoms with Gasteiger partial charge in [-0.05, 0) is 36.8 Å². The number of rotatable bonds is 5. The fourth-order valence-electron chi connectivity index (χ4n) is 4.06. The van der Waals surface area contributed by atoms with Crippen LogP contribution in [0.2, 0.25) is 0 Å². The molecule has 27 heavy (non-hydrogen) atoms. The normalized spacial score (nSPS) is 17.1. The molecule has 140 valence electrons. The van der Waals surface area contributed by atoms with Gasteiger partial charge in [0.05, 0.1) is 24.5 Å². The largest absolute Gasteiger partial charge is 0.379 e. The average Bonchev–Trinajstić information content (AvgIpc) is 2.74. The number of anilines is 1. The third-order valence-corrected chi connectivity index (χ3v) is 5.50. The summed E-state index contributed by atoms with van der Waals surface area (Å²) >= 11 is 0. The van der Waals surface area contributed by atoms with Crippen LogP contribution in [0.1, 0.15) is 29.5 Å². The van der Waals surface area contributed by atoms with Crippen LogP contribution in [-0.4, -0.2) is 49.3 Å². The Balaban J connectivity index is 1.63. The van der Waals surface area contributed by atoms with Gasteiger partial charge in [-0.25, -0.2) is 4.98 Å². The molecular formula is C22H26N4O. The fourth-order valence-corrected chi connectivity index (χ4v) is 4.06. The summed E-state index contributed by atoms with van der Waals surface area (Å²) in [7, 11) is 0. The maximum atomic E-state index is 9.83. The molecular weight excluding hydrogens is 336 g/mol. The molecule has 1 fully saturated rings. The molecule has 0 saturated carbocycles. The van der Waals surface area contributed by atoms with Crippen molar-refractivity contribution in [2.75, 3.05) is 44.7 Å². The molecule has 1 aromatic heterocycles. The van der Waals surface area contributed by atoms with E-state index in [4.69, 9.17) is 9.72 Å². The lowest BCUT2D eigenvalue weighted by molar-refractivity contribution is 0.0398. The lowest BCUT2D eigenvalue weighted by atomic mass is 9.86. The maximum Gasteiger partial charge on any atom is 0.145 e. The number of nitrogens with zero attached hydrogens (tertiary/aromatic N) is 3. The number of benzene rings is 1. The monoisotopic (exact) mass is 362 g/mol. The Hall–Kier alpha value is -2.42. The summed E-state index contributed by atoms with van der Waals surface area (Å²) in [6, 6.07) is 12.8. The van der Waals surface area contributed by atoms with Gasteiger partial charge in [0.1, 0.15) is 11.9 Å². The quantitative estimate of drug-likeness (QED) is 0.885. The highest BCUT2D eigenvalue weighted by Gasteiger charge is 2.23. The van der Waals surface area contributed by atoms with Crippen molar-refractivity contribution in [3.8, 4) is 17.3 Å². The second-order valence-electron chi connectivity index (χ2n) is 7.21. The molecule has 0 amide bonds. The lowest BCUT2D eigenvalue weighted by Gasteiger charge is -2.27. The molecule has 1 aromatic carbocycles. The maximum absolute atomic E-state index is 9.83. The summed E-state index contributed by atoms with van der Waals surface area (Å²) in [6.45, 7) is 5.28. The van der Waals surface area contributed by atoms with Gasteiger partial charge in [0.15, 0.2) is 0 Å². The Labute approximate surface area is 161 Å². The van der Waals surface area contributed by atoms with Crippen molar-refractivity contribution >= 4 is 5.82 Å². The van der Waals surface area contributed by atoms with Crippen LogP contribution in [0.4, 0.5) is 5.82 Å². The molecule has 1 aliphatic heterocycles. The number of pyridine rings is 1. The first-order valence-electron chi connectivity index (χ1n) is 9.92. The zero-order valence-electron chi connectivity index (χ0n) is 15.7. The summed E-state index contributed by atoms with van der Waals surface area (Å²) in [6.07, 6.45) is 4.30. The van der Waals surface area contributed by atoms with Crippen LogP contribution in [0.3, 0.4) is 0 Å². The van der Waals surface area contributed by atoms with Crippen LogP contribution in [0.5, 0.6) is 0 Å². The van der Waals surface area contributed by atoms with Gasteiger partial charge in [0.2, 0.25) is 0 Å². The fraction of sp³-hybridized carbons (Fsp3) is 0.455. The topological polar surface area (TPSA) is 61.2 Å². The Kier molecular flexibility index (Phi) is 5.66. The molecule has 2 aliphatic rings. The molecule has 5 heteroatoms. The first kappa shape index (κ1) is 18.0. The zero-order chi connectivity index (χ0) is 18.5. The summed E-state index contributed by atoms with van der Waals surface area (Å²) in [5, 5.41) is 13.3. The molecule has 2 heterocycles. The number of nitriles is 1. The molecule has 0 spiro atoms. The van der Waals surface area contributed by atoms with E-state index in [0.29, 0.717) is 0 Å². The number of morpholine rings is 1. The predicted molar refractivity (Wildman–Crippen MR) is 107 cm³/mol. The van der Waals surface area contributed by atoms with Crippen LogP contribution in [0.25, 0.3) is 11.3 Å². The number of fused-ring (bicyclic) bond motifs is 1. The molecule has 4 rings (SSSR count). The van der Waals surface area contributed by atoms with Crippen LogP contribution >= 0.6 is 0 Å². The van der Waals surface area contributed by atoms with E-state index in [1.807, 2.05) is 6.07 Å². The molecule has 5 nitrogen and oxygen atoms in total. The first-order chi connectivity index (χ1) is 13.4. The Morgan fingerprint density at radius 1 is 1.07 bits per heavy atom. The van der Waals surface area contributed by atoms with Crippen molar-refractivity contribution in [1.82, 2.24) is 9.88 Å². The van der Waals surface area contributed by atoms with Crippen molar-refractivity contribution in [1.29, 1.82) is 5.26 Å². The number of hydrogen-bond acceptors (Lipinski definition) is 5. The lowest BCUT2D eigenvalue weighted by Crippen LogP contribution is -2.39.